The summed E-state index contributed by atoms with van der Waals surface area (Å²) in [5, 5.41) is 12.7. The van der Waals surface area contributed by atoms with E-state index in [0.29, 0.717) is 52.6 Å². The molecule has 5 aliphatic heterocycles. The Kier molecular flexibility index (Phi) is 33.1. The molecule has 5 aromatic heterocycles. The van der Waals surface area contributed by atoms with Crippen LogP contribution in [0.1, 0.15) is 203 Å². The fourth-order valence-corrected chi connectivity index (χ4v) is 20.8. The smallest absolute Gasteiger partial charge is 0.434 e. The van der Waals surface area contributed by atoms with E-state index >= 15 is 0 Å². The summed E-state index contributed by atoms with van der Waals surface area (Å²) >= 11 is 11.5. The highest BCUT2D eigenvalue weighted by molar-refractivity contribution is 9.10. The Balaban J connectivity index is 0.000000153. The Morgan fingerprint density at radius 2 is 0.824 bits per heavy atom. The minimum atomic E-state index is -4.51. The van der Waals surface area contributed by atoms with Gasteiger partial charge in [-0.15, -0.1) is 0 Å². The maximum Gasteiger partial charge on any atom is 0.434 e. The molecule has 12 aromatic rings. The van der Waals surface area contributed by atoms with Gasteiger partial charge in [0.15, 0.2) is 25.4 Å². The number of halogens is 6. The van der Waals surface area contributed by atoms with Crippen molar-refractivity contribution in [2.24, 2.45) is 23.7 Å². The third-order valence-electron chi connectivity index (χ3n) is 25.1. The topological polar surface area (TPSA) is 331 Å². The predicted molar refractivity (Wildman–Crippen MR) is 534 cm³/mol. The number of carboxylic acids is 1. The summed E-state index contributed by atoms with van der Waals surface area (Å²) in [5.41, 5.74) is 18.1. The number of imidazole rings is 4. The number of benzene rings is 7. The molecule has 0 unspecified atom stereocenters. The van der Waals surface area contributed by atoms with Gasteiger partial charge < -0.3 is 71.3 Å². The summed E-state index contributed by atoms with van der Waals surface area (Å²) in [5.74, 6) is 2.66. The number of fused-ring (bicyclic) bond motifs is 12. The lowest BCUT2D eigenvalue weighted by Crippen LogP contribution is -2.44. The van der Waals surface area contributed by atoms with Crippen molar-refractivity contribution in [1.82, 2.24) is 53.5 Å². The quantitative estimate of drug-likeness (QED) is 0.0417. The van der Waals surface area contributed by atoms with E-state index in [-0.39, 0.29) is 94.7 Å². The minimum Gasteiger partial charge on any atom is -0.478 e. The molecule has 0 bridgehead atoms. The molecule has 2 N–H and O–H groups in total. The first-order valence-corrected chi connectivity index (χ1v) is 51.0. The number of nitrogens with zero attached hydrogens (tertiary/aromatic N) is 13. The monoisotopic (exact) mass is 2050 g/mol. The number of nitrogens with one attached hydrogen (secondary N) is 1. The Bertz CT molecular complexity index is 6760. The number of aromatic nitrogens is 10. The molecule has 17 rings (SSSR count). The zero-order valence-electron chi connectivity index (χ0n) is 80.9. The molecule has 0 amide bonds. The zero-order chi connectivity index (χ0) is 99.7. The van der Waals surface area contributed by atoms with Gasteiger partial charge in [-0.2, -0.15) is 13.2 Å². The molecule has 724 valence electrons. The van der Waals surface area contributed by atoms with Crippen LogP contribution in [0.3, 0.4) is 0 Å². The van der Waals surface area contributed by atoms with E-state index in [9.17, 15) is 54.3 Å². The molecule has 10 heterocycles. The van der Waals surface area contributed by atoms with Crippen molar-refractivity contribution in [3.63, 3.8) is 0 Å². The molecule has 1 fully saturated rings. The van der Waals surface area contributed by atoms with Crippen molar-refractivity contribution in [3.8, 4) is 0 Å². The van der Waals surface area contributed by atoms with Crippen molar-refractivity contribution >= 4 is 170 Å². The first kappa shape index (κ1) is 105. The minimum absolute atomic E-state index is 0.0153. The lowest BCUT2D eigenvalue weighted by Gasteiger charge is -2.40. The van der Waals surface area contributed by atoms with Gasteiger partial charge in [-0.05, 0) is 249 Å². The van der Waals surface area contributed by atoms with Gasteiger partial charge in [0, 0.05) is 92.6 Å². The van der Waals surface area contributed by atoms with Crippen molar-refractivity contribution in [2.75, 3.05) is 74.7 Å². The van der Waals surface area contributed by atoms with Crippen LogP contribution in [0.2, 0.25) is 25.8 Å². The zero-order valence-corrected chi connectivity index (χ0v) is 86.4. The summed E-state index contributed by atoms with van der Waals surface area (Å²) in [6, 6.07) is 33.8. The highest BCUT2D eigenvalue weighted by atomic mass is 79.9. The average Bonchev–Trinajstić information content (AvgIpc) is 1.62. The Labute approximate surface area is 815 Å². The molecule has 0 saturated carbocycles. The van der Waals surface area contributed by atoms with Crippen molar-refractivity contribution in [1.29, 1.82) is 0 Å². The molecule has 5 aliphatic rings. The van der Waals surface area contributed by atoms with Crippen LogP contribution in [0, 0.1) is 58.3 Å². The van der Waals surface area contributed by atoms with Gasteiger partial charge >= 0.3 is 51.4 Å². The van der Waals surface area contributed by atoms with Gasteiger partial charge in [0.25, 0.3) is 0 Å². The van der Waals surface area contributed by atoms with Crippen LogP contribution in [-0.2, 0) is 92.8 Å². The number of carboxylic acid groups (broad SMARTS) is 1. The van der Waals surface area contributed by atoms with E-state index in [1.54, 1.807) is 12.1 Å². The molecule has 4 atom stereocenters. The largest absolute Gasteiger partial charge is 0.478 e. The molecule has 0 radical (unpaired) electrons. The number of esters is 3. The summed E-state index contributed by atoms with van der Waals surface area (Å²) in [6.07, 6.45) is 0.161. The lowest BCUT2D eigenvalue weighted by molar-refractivity contribution is -0.141. The van der Waals surface area contributed by atoms with Gasteiger partial charge in [-0.25, -0.2) is 65.9 Å². The molecule has 29 nitrogen and oxygen atoms in total. The van der Waals surface area contributed by atoms with Crippen molar-refractivity contribution in [3.05, 3.63) is 214 Å². The lowest BCUT2D eigenvalue weighted by atomic mass is 9.74. The molecule has 0 spiro atoms. The number of sulfone groups is 2. The van der Waals surface area contributed by atoms with Crippen LogP contribution < -0.4 is 20.0 Å². The number of rotatable bonds is 15. The molecule has 1 saturated heterocycles. The number of anilines is 3. The number of ether oxygens (including phenoxy) is 3. The average molecular weight is 2060 g/mol. The van der Waals surface area contributed by atoms with Gasteiger partial charge in [-0.1, -0.05) is 97.3 Å². The molecular weight excluding hydrogens is 1940 g/mol. The number of hydrogen-bond donors (Lipinski definition) is 2. The SMILES string of the molecule is CB1OB(C)OB(C)O1.CCc1cc2c(cc1C(=O)OC)nc1n2CCN(c2ccc(Br)c(C)c2)[C@@H]1C(C)C.CCc1cc2c(cc1C(=O)OC)nc1n2CCN[C@@H]1C(C)C.COC(=O)c1cc2nc3n(c2cc1S(C)(=O)=O)CCN(c1ccc(C)c(C)c1)[C@@H]3C(C)C.Cc1ccc(N2CCn3c(nc4cc(C(=O)O)c(S(C)(=O)=O)cc43)[C@H]2C(C)C)cc1C.FC(F)(F)c1nc(Cl)ncc1Br. The fraction of sp³-hybridized carbons (Fsp3) is 0.438. The first-order valence-electron chi connectivity index (χ1n) is 45.2. The number of hydrogen-bond acceptors (Lipinski definition) is 24. The van der Waals surface area contributed by atoms with Crippen molar-refractivity contribution in [2.45, 2.75) is 203 Å². The molecule has 136 heavy (non-hydrogen) atoms. The predicted octanol–water partition coefficient (Wildman–Crippen LogP) is 19.7. The molecule has 7 aromatic carbocycles. The number of carbonyl (C=O) groups is 4. The van der Waals surface area contributed by atoms with E-state index in [4.69, 9.17) is 59.5 Å². The van der Waals surface area contributed by atoms with Gasteiger partial charge in [0.05, 0.1) is 126 Å². The third kappa shape index (κ3) is 22.7. The van der Waals surface area contributed by atoms with Gasteiger partial charge in [-0.3, -0.25) is 0 Å². The number of methoxy groups -OCH3 is 3. The highest BCUT2D eigenvalue weighted by Crippen LogP contribution is 2.45. The Morgan fingerprint density at radius 3 is 1.16 bits per heavy atom. The summed E-state index contributed by atoms with van der Waals surface area (Å²) in [4.78, 5) is 81.2. The van der Waals surface area contributed by atoms with E-state index < -0.39 is 48.8 Å². The van der Waals surface area contributed by atoms with Crippen LogP contribution in [0.15, 0.2) is 128 Å². The Hall–Kier alpha value is -10.2. The number of aromatic carboxylic acids is 1. The van der Waals surface area contributed by atoms with E-state index in [0.717, 1.165) is 149 Å². The van der Waals surface area contributed by atoms with Crippen molar-refractivity contribution < 1.29 is 82.2 Å². The standard InChI is InChI=1S/C24H28BrN3O2.C24H29N3O4S.C23H27N3O4S.C17H23N3O2.C5HBrClF3N2.C3H9B3O3/c1-6-16-12-21-20(13-18(16)24(29)30-5)26-23-22(14(2)3)27(9-10-28(21)23)17-7-8-19(25)15(4)11-17;1-14(2)22-23-25-19-12-18(24(28)31-5)21(32(6,29)30)13-20(19)27(23)10-9-26(22)17-8-7-15(3)16(4)11-17;1-13(2)21-22-24-18-11-17(23(27)28)20(31(5,29)30)12-19(18)26(22)9-8-25(21)16-7-6-14(3)15(4)10-16;1-5-11-8-14-13(9-12(11)17(21)22-4)19-16-15(10(2)3)18-6-7-20(14)16;6-2-1-11-4(7)12-3(2)5(8,9)10;1-4-7-5(2)9-6(3)8-4/h7-8,11-14,22H,6,9-10H2,1-5H3;7-8,11-14,22H,9-10H2,1-6H3;6-7,10-13,21H,8-9H2,1-5H3,(H,27,28);8-10,15,18H,5-7H2,1-4H3;1H;1-3H3/t2*22-;21-;15-;;/m1111../s1. The number of carbonyl (C=O) groups excluding carboxylic acids is 3. The second kappa shape index (κ2) is 43.0. The number of aryl methyl sites for hydroxylation is 7. The maximum absolute atomic E-state index is 12.4. The summed E-state index contributed by atoms with van der Waals surface area (Å²) < 4.78 is 125. The first-order chi connectivity index (χ1) is 64.0. The second-order valence-electron chi connectivity index (χ2n) is 35.9. The highest BCUT2D eigenvalue weighted by Gasteiger charge is 2.41. The molecular formula is C96H117B3Br2ClF3N14O15S2. The van der Waals surface area contributed by atoms with E-state index in [1.807, 2.05) is 37.2 Å². The van der Waals surface area contributed by atoms with Crippen LogP contribution in [-0.4, -0.2) is 175 Å². The normalized spacial score (nSPS) is 16.6. The molecule has 40 heteroatoms. The summed E-state index contributed by atoms with van der Waals surface area (Å²) in [6.45, 7) is 44.2. The molecule has 0 aliphatic carbocycles. The Morgan fingerprint density at radius 1 is 0.478 bits per heavy atom. The van der Waals surface area contributed by atoms with Crippen LogP contribution in [0.25, 0.3) is 44.1 Å². The fourth-order valence-electron chi connectivity index (χ4n) is 18.2. The van der Waals surface area contributed by atoms with Crippen LogP contribution in [0.5, 0.6) is 0 Å². The number of alkyl halides is 3. The third-order valence-corrected chi connectivity index (χ3v) is 29.0. The maximum atomic E-state index is 12.4. The van der Waals surface area contributed by atoms with E-state index in [2.05, 4.69) is 246 Å². The van der Waals surface area contributed by atoms with Crippen LogP contribution >= 0.6 is 43.5 Å². The van der Waals surface area contributed by atoms with Gasteiger partial charge in [0.2, 0.25) is 5.28 Å². The second-order valence-corrected chi connectivity index (χ2v) is 41.9. The summed E-state index contributed by atoms with van der Waals surface area (Å²) in [7, 11) is -3.64. The van der Waals surface area contributed by atoms with E-state index in [1.165, 1.54) is 67.0 Å². The van der Waals surface area contributed by atoms with Crippen LogP contribution in [0.4, 0.5) is 30.2 Å². The van der Waals surface area contributed by atoms with Gasteiger partial charge in [0.1, 0.15) is 23.3 Å².